The molecule has 21 heavy (non-hydrogen) atoms. The number of hydrogen-bond donors (Lipinski definition) is 3. The third-order valence-electron chi connectivity index (χ3n) is 3.84. The number of aliphatic hydroxyl groups is 1. The van der Waals surface area contributed by atoms with Crippen LogP contribution in [0.1, 0.15) is 18.9 Å². The van der Waals surface area contributed by atoms with Crippen molar-refractivity contribution in [2.45, 2.75) is 31.9 Å². The Bertz CT molecular complexity index is 432. The molecule has 0 radical (unpaired) electrons. The fourth-order valence-electron chi connectivity index (χ4n) is 2.49. The van der Waals surface area contributed by atoms with E-state index in [-0.39, 0.29) is 18.6 Å². The number of aliphatic hydroxyl groups excluding tert-OH is 1. The van der Waals surface area contributed by atoms with Crippen molar-refractivity contribution in [1.82, 2.24) is 10.6 Å². The first kappa shape index (κ1) is 15.8. The molecule has 0 aromatic heterocycles. The molecule has 1 aromatic carbocycles. The van der Waals surface area contributed by atoms with Crippen molar-refractivity contribution >= 4 is 6.03 Å². The smallest absolute Gasteiger partial charge is 0.315 e. The quantitative estimate of drug-likeness (QED) is 0.740. The summed E-state index contributed by atoms with van der Waals surface area (Å²) >= 11 is 0. The maximum Gasteiger partial charge on any atom is 0.315 e. The number of carbonyl (C=O) groups excluding carboxylic acids is 1. The number of hydrogen-bond acceptors (Lipinski definition) is 3. The van der Waals surface area contributed by atoms with E-state index in [0.717, 1.165) is 18.6 Å². The molecule has 3 unspecified atom stereocenters. The van der Waals surface area contributed by atoms with Crippen molar-refractivity contribution in [1.29, 1.82) is 0 Å². The fourth-order valence-corrected chi connectivity index (χ4v) is 2.49. The van der Waals surface area contributed by atoms with E-state index in [1.54, 1.807) is 0 Å². The largest absolute Gasteiger partial charge is 0.391 e. The predicted octanol–water partition coefficient (Wildman–Crippen LogP) is 1.31. The van der Waals surface area contributed by atoms with Crippen LogP contribution in [0.15, 0.2) is 30.3 Å². The van der Waals surface area contributed by atoms with Gasteiger partial charge in [0.25, 0.3) is 0 Å². The molecule has 1 fully saturated rings. The van der Waals surface area contributed by atoms with E-state index in [9.17, 15) is 9.90 Å². The van der Waals surface area contributed by atoms with Gasteiger partial charge in [0, 0.05) is 31.5 Å². The molecule has 1 heterocycles. The maximum absolute atomic E-state index is 11.8. The normalized spacial score (nSPS) is 20.8. The highest BCUT2D eigenvalue weighted by atomic mass is 16.5. The minimum absolute atomic E-state index is 0.0822. The van der Waals surface area contributed by atoms with E-state index in [1.807, 2.05) is 37.3 Å². The zero-order valence-electron chi connectivity index (χ0n) is 12.4. The van der Waals surface area contributed by atoms with Gasteiger partial charge in [-0.1, -0.05) is 30.3 Å². The van der Waals surface area contributed by atoms with E-state index >= 15 is 0 Å². The summed E-state index contributed by atoms with van der Waals surface area (Å²) in [5, 5.41) is 15.6. The Morgan fingerprint density at radius 2 is 2.19 bits per heavy atom. The Morgan fingerprint density at radius 3 is 2.86 bits per heavy atom. The Hall–Kier alpha value is -1.59. The summed E-state index contributed by atoms with van der Waals surface area (Å²) in [5.41, 5.74) is 1.06. The molecule has 1 saturated heterocycles. The fraction of sp³-hybridized carbons (Fsp3) is 0.562. The van der Waals surface area contributed by atoms with Gasteiger partial charge in [0.1, 0.15) is 0 Å². The zero-order valence-corrected chi connectivity index (χ0v) is 12.4. The van der Waals surface area contributed by atoms with Crippen LogP contribution in [0.25, 0.3) is 0 Å². The average molecular weight is 292 g/mol. The summed E-state index contributed by atoms with van der Waals surface area (Å²) in [5.74, 6) is 0.380. The molecule has 2 rings (SSSR count). The number of benzene rings is 1. The monoisotopic (exact) mass is 292 g/mol. The zero-order chi connectivity index (χ0) is 15.1. The summed E-state index contributed by atoms with van der Waals surface area (Å²) < 4.78 is 5.31. The Balaban J connectivity index is 1.66. The molecule has 5 nitrogen and oxygen atoms in total. The third-order valence-corrected chi connectivity index (χ3v) is 3.84. The molecule has 0 aliphatic carbocycles. The van der Waals surface area contributed by atoms with Crippen molar-refractivity contribution in [3.63, 3.8) is 0 Å². The summed E-state index contributed by atoms with van der Waals surface area (Å²) in [4.78, 5) is 11.8. The van der Waals surface area contributed by atoms with Gasteiger partial charge in [-0.25, -0.2) is 4.79 Å². The average Bonchev–Trinajstić information content (AvgIpc) is 3.00. The van der Waals surface area contributed by atoms with Crippen LogP contribution in [-0.4, -0.2) is 43.0 Å². The topological polar surface area (TPSA) is 70.6 Å². The van der Waals surface area contributed by atoms with Crippen LogP contribution >= 0.6 is 0 Å². The first-order valence-corrected chi connectivity index (χ1v) is 7.49. The minimum Gasteiger partial charge on any atom is -0.391 e. The van der Waals surface area contributed by atoms with Gasteiger partial charge >= 0.3 is 6.03 Å². The van der Waals surface area contributed by atoms with E-state index in [0.29, 0.717) is 18.9 Å². The molecule has 0 spiro atoms. The lowest BCUT2D eigenvalue weighted by Gasteiger charge is -2.20. The van der Waals surface area contributed by atoms with Crippen LogP contribution in [-0.2, 0) is 11.2 Å². The van der Waals surface area contributed by atoms with Crippen molar-refractivity contribution in [3.8, 4) is 0 Å². The van der Waals surface area contributed by atoms with Gasteiger partial charge < -0.3 is 20.5 Å². The molecule has 116 valence electrons. The molecule has 5 heteroatoms. The molecule has 0 saturated carbocycles. The second kappa shape index (κ2) is 8.00. The number of amides is 2. The van der Waals surface area contributed by atoms with Crippen LogP contribution in [0.5, 0.6) is 0 Å². The van der Waals surface area contributed by atoms with Gasteiger partial charge in [-0.3, -0.25) is 0 Å². The van der Waals surface area contributed by atoms with Crippen molar-refractivity contribution in [3.05, 3.63) is 35.9 Å². The van der Waals surface area contributed by atoms with Gasteiger partial charge in [-0.15, -0.1) is 0 Å². The lowest BCUT2D eigenvalue weighted by Crippen LogP contribution is -2.46. The number of nitrogens with one attached hydrogen (secondary N) is 2. The van der Waals surface area contributed by atoms with Crippen LogP contribution < -0.4 is 10.6 Å². The Labute approximate surface area is 125 Å². The second-order valence-electron chi connectivity index (χ2n) is 5.61. The summed E-state index contributed by atoms with van der Waals surface area (Å²) in [6, 6.07) is 9.59. The highest BCUT2D eigenvalue weighted by Gasteiger charge is 2.23. The highest BCUT2D eigenvalue weighted by molar-refractivity contribution is 5.74. The van der Waals surface area contributed by atoms with E-state index < -0.39 is 6.10 Å². The highest BCUT2D eigenvalue weighted by Crippen LogP contribution is 2.16. The molecule has 1 aliphatic heterocycles. The van der Waals surface area contributed by atoms with Crippen LogP contribution in [0, 0.1) is 5.92 Å². The second-order valence-corrected chi connectivity index (χ2v) is 5.61. The van der Waals surface area contributed by atoms with Crippen LogP contribution in [0.3, 0.4) is 0 Å². The predicted molar refractivity (Wildman–Crippen MR) is 81.1 cm³/mol. The summed E-state index contributed by atoms with van der Waals surface area (Å²) in [6.45, 7) is 3.71. The standard InChI is InChI=1S/C16H24N2O3/c1-12(14-7-8-21-11-14)18-16(20)17-10-15(19)9-13-5-3-2-4-6-13/h2-6,12,14-15,19H,7-11H2,1H3,(H2,17,18,20). The first-order chi connectivity index (χ1) is 10.1. The number of rotatable bonds is 6. The minimum atomic E-state index is -0.580. The molecule has 1 aromatic rings. The molecular formula is C16H24N2O3. The van der Waals surface area contributed by atoms with Gasteiger partial charge in [-0.2, -0.15) is 0 Å². The van der Waals surface area contributed by atoms with Gasteiger partial charge in [0.05, 0.1) is 12.7 Å². The van der Waals surface area contributed by atoms with Gasteiger partial charge in [0.15, 0.2) is 0 Å². The number of urea groups is 1. The number of ether oxygens (including phenoxy) is 1. The lowest BCUT2D eigenvalue weighted by atomic mass is 10.0. The van der Waals surface area contributed by atoms with E-state index in [2.05, 4.69) is 10.6 Å². The first-order valence-electron chi connectivity index (χ1n) is 7.49. The van der Waals surface area contributed by atoms with Crippen LogP contribution in [0.4, 0.5) is 4.79 Å². The maximum atomic E-state index is 11.8. The van der Waals surface area contributed by atoms with Crippen molar-refractivity contribution in [2.75, 3.05) is 19.8 Å². The summed E-state index contributed by atoms with van der Waals surface area (Å²) in [7, 11) is 0. The molecular weight excluding hydrogens is 268 g/mol. The molecule has 3 atom stereocenters. The van der Waals surface area contributed by atoms with E-state index in [1.165, 1.54) is 0 Å². The summed E-state index contributed by atoms with van der Waals surface area (Å²) in [6.07, 6.45) is 0.939. The Morgan fingerprint density at radius 1 is 1.43 bits per heavy atom. The SMILES string of the molecule is CC(NC(=O)NCC(O)Cc1ccccc1)C1CCOC1. The van der Waals surface area contributed by atoms with Crippen molar-refractivity contribution in [2.24, 2.45) is 5.92 Å². The molecule has 0 bridgehead atoms. The van der Waals surface area contributed by atoms with Crippen molar-refractivity contribution < 1.29 is 14.6 Å². The van der Waals surface area contributed by atoms with E-state index in [4.69, 9.17) is 4.74 Å². The lowest BCUT2D eigenvalue weighted by molar-refractivity contribution is 0.166. The molecule has 1 aliphatic rings. The Kier molecular flexibility index (Phi) is 6.02. The van der Waals surface area contributed by atoms with Gasteiger partial charge in [0.2, 0.25) is 0 Å². The molecule has 3 N–H and O–H groups in total. The third kappa shape index (κ3) is 5.36. The molecule has 2 amide bonds. The van der Waals surface area contributed by atoms with Gasteiger partial charge in [-0.05, 0) is 18.9 Å². The van der Waals surface area contributed by atoms with Crippen LogP contribution in [0.2, 0.25) is 0 Å². The number of carbonyl (C=O) groups is 1.